The largest absolute Gasteiger partial charge is 0.374 e. The number of rotatable bonds is 6. The Morgan fingerprint density at radius 3 is 2.21 bits per heavy atom. The van der Waals surface area contributed by atoms with Crippen molar-refractivity contribution in [2.45, 2.75) is 24.8 Å². The smallest absolute Gasteiger partial charge is 0.246 e. The van der Waals surface area contributed by atoms with Crippen molar-refractivity contribution in [3.05, 3.63) is 48.5 Å². The summed E-state index contributed by atoms with van der Waals surface area (Å²) in [5, 5.41) is 8.79. The lowest BCUT2D eigenvalue weighted by Gasteiger charge is -2.17. The molecule has 2 aromatic carbocycles. The predicted octanol–water partition coefficient (Wildman–Crippen LogP) is 3.81. The molecule has 5 nitrogen and oxygen atoms in total. The molecule has 0 aliphatic rings. The number of benzene rings is 2. The van der Waals surface area contributed by atoms with Gasteiger partial charge in [0.2, 0.25) is 11.8 Å². The first-order valence-corrected chi connectivity index (χ1v) is 8.80. The van der Waals surface area contributed by atoms with Gasteiger partial charge in [-0.05, 0) is 49.6 Å². The second kappa shape index (κ2) is 8.40. The summed E-state index contributed by atoms with van der Waals surface area (Å²) in [4.78, 5) is 24.4. The second-order valence-corrected chi connectivity index (χ2v) is 6.16. The first-order valence-electron chi connectivity index (χ1n) is 7.57. The molecule has 0 bridgehead atoms. The molecule has 0 aliphatic heterocycles. The lowest BCUT2D eigenvalue weighted by atomic mass is 10.2. The van der Waals surface area contributed by atoms with Crippen molar-refractivity contribution in [2.24, 2.45) is 0 Å². The summed E-state index contributed by atoms with van der Waals surface area (Å²) in [6.45, 7) is 3.27. The minimum Gasteiger partial charge on any atom is -0.374 e. The Hall–Kier alpha value is -2.47. The summed E-state index contributed by atoms with van der Waals surface area (Å²) in [5.41, 5.74) is 2.34. The van der Waals surface area contributed by atoms with Crippen molar-refractivity contribution >= 4 is 40.6 Å². The molecule has 0 saturated carbocycles. The fraction of sp³-hybridized carbons (Fsp3) is 0.222. The maximum Gasteiger partial charge on any atom is 0.246 e. The minimum atomic E-state index is -0.397. The summed E-state index contributed by atoms with van der Waals surface area (Å²) >= 11 is 1.59. The SMILES string of the molecule is CSc1ccccc1NC(=O)[C@H](C)Nc1ccc(NC(C)=O)cc1. The van der Waals surface area contributed by atoms with Crippen LogP contribution in [-0.4, -0.2) is 24.1 Å². The molecule has 0 unspecified atom stereocenters. The summed E-state index contributed by atoms with van der Waals surface area (Å²) in [7, 11) is 0. The first-order chi connectivity index (χ1) is 11.5. The maximum absolute atomic E-state index is 12.4. The third-order valence-corrected chi connectivity index (χ3v) is 4.14. The molecule has 0 aromatic heterocycles. The van der Waals surface area contributed by atoms with Crippen LogP contribution in [0.5, 0.6) is 0 Å². The van der Waals surface area contributed by atoms with E-state index in [0.717, 1.165) is 22.0 Å². The van der Waals surface area contributed by atoms with E-state index in [1.807, 2.05) is 42.7 Å². The van der Waals surface area contributed by atoms with Gasteiger partial charge in [0, 0.05) is 23.2 Å². The van der Waals surface area contributed by atoms with Crippen LogP contribution in [0.1, 0.15) is 13.8 Å². The zero-order valence-corrected chi connectivity index (χ0v) is 14.7. The normalized spacial score (nSPS) is 11.5. The predicted molar refractivity (Wildman–Crippen MR) is 101 cm³/mol. The molecule has 6 heteroatoms. The number of para-hydroxylation sites is 1. The highest BCUT2D eigenvalue weighted by atomic mass is 32.2. The average molecular weight is 343 g/mol. The van der Waals surface area contributed by atoms with Crippen molar-refractivity contribution < 1.29 is 9.59 Å². The van der Waals surface area contributed by atoms with E-state index in [-0.39, 0.29) is 11.8 Å². The van der Waals surface area contributed by atoms with Gasteiger partial charge in [0.15, 0.2) is 0 Å². The van der Waals surface area contributed by atoms with Gasteiger partial charge in [0.25, 0.3) is 0 Å². The van der Waals surface area contributed by atoms with Gasteiger partial charge < -0.3 is 16.0 Å². The zero-order valence-electron chi connectivity index (χ0n) is 13.9. The van der Waals surface area contributed by atoms with Gasteiger partial charge in [0.05, 0.1) is 5.69 Å². The van der Waals surface area contributed by atoms with E-state index in [9.17, 15) is 9.59 Å². The first kappa shape index (κ1) is 17.9. The van der Waals surface area contributed by atoms with Gasteiger partial charge in [-0.2, -0.15) is 0 Å². The Labute approximate surface area is 146 Å². The van der Waals surface area contributed by atoms with Crippen LogP contribution in [-0.2, 0) is 9.59 Å². The van der Waals surface area contributed by atoms with E-state index in [1.165, 1.54) is 6.92 Å². The zero-order chi connectivity index (χ0) is 17.5. The monoisotopic (exact) mass is 343 g/mol. The van der Waals surface area contributed by atoms with Crippen molar-refractivity contribution in [3.63, 3.8) is 0 Å². The molecule has 3 N–H and O–H groups in total. The van der Waals surface area contributed by atoms with Crippen LogP contribution < -0.4 is 16.0 Å². The van der Waals surface area contributed by atoms with Gasteiger partial charge in [-0.25, -0.2) is 0 Å². The fourth-order valence-electron chi connectivity index (χ4n) is 2.16. The van der Waals surface area contributed by atoms with Crippen LogP contribution in [0.3, 0.4) is 0 Å². The van der Waals surface area contributed by atoms with Crippen LogP contribution in [0, 0.1) is 0 Å². The van der Waals surface area contributed by atoms with Crippen molar-refractivity contribution in [2.75, 3.05) is 22.2 Å². The van der Waals surface area contributed by atoms with Gasteiger partial charge >= 0.3 is 0 Å². The van der Waals surface area contributed by atoms with E-state index in [0.29, 0.717) is 0 Å². The Kier molecular flexibility index (Phi) is 6.26. The van der Waals surface area contributed by atoms with Gasteiger partial charge in [-0.3, -0.25) is 9.59 Å². The van der Waals surface area contributed by atoms with Gasteiger partial charge in [-0.1, -0.05) is 12.1 Å². The number of amides is 2. The summed E-state index contributed by atoms with van der Waals surface area (Å²) in [6, 6.07) is 14.5. The molecule has 0 radical (unpaired) electrons. The summed E-state index contributed by atoms with van der Waals surface area (Å²) in [6.07, 6.45) is 1.98. The number of thioether (sulfide) groups is 1. The molecule has 0 spiro atoms. The Morgan fingerprint density at radius 2 is 1.58 bits per heavy atom. The Morgan fingerprint density at radius 1 is 0.958 bits per heavy atom. The lowest BCUT2D eigenvalue weighted by molar-refractivity contribution is -0.116. The Balaban J connectivity index is 1.97. The molecule has 0 fully saturated rings. The van der Waals surface area contributed by atoms with Crippen molar-refractivity contribution in [1.29, 1.82) is 0 Å². The summed E-state index contributed by atoms with van der Waals surface area (Å²) < 4.78 is 0. The van der Waals surface area contributed by atoms with Gasteiger partial charge in [0.1, 0.15) is 6.04 Å². The highest BCUT2D eigenvalue weighted by molar-refractivity contribution is 7.98. The third kappa shape index (κ3) is 5.03. The molecular formula is C18H21N3O2S. The van der Waals surface area contributed by atoms with Crippen LogP contribution in [0.2, 0.25) is 0 Å². The highest BCUT2D eigenvalue weighted by Crippen LogP contribution is 2.24. The van der Waals surface area contributed by atoms with E-state index >= 15 is 0 Å². The number of anilines is 3. The topological polar surface area (TPSA) is 70.2 Å². The lowest BCUT2D eigenvalue weighted by Crippen LogP contribution is -2.32. The molecule has 24 heavy (non-hydrogen) atoms. The van der Waals surface area contributed by atoms with E-state index in [1.54, 1.807) is 30.8 Å². The molecule has 126 valence electrons. The maximum atomic E-state index is 12.4. The number of hydrogen-bond donors (Lipinski definition) is 3. The van der Waals surface area contributed by atoms with Crippen LogP contribution >= 0.6 is 11.8 Å². The Bertz CT molecular complexity index is 716. The highest BCUT2D eigenvalue weighted by Gasteiger charge is 2.14. The molecular weight excluding hydrogens is 322 g/mol. The van der Waals surface area contributed by atoms with E-state index in [4.69, 9.17) is 0 Å². The molecule has 0 aliphatic carbocycles. The summed E-state index contributed by atoms with van der Waals surface area (Å²) in [5.74, 6) is -0.224. The standard InChI is InChI=1S/C18H21N3O2S/c1-12(18(23)21-16-6-4-5-7-17(16)24-3)19-14-8-10-15(11-9-14)20-13(2)22/h4-12,19H,1-3H3,(H,20,22)(H,21,23)/t12-/m0/s1. The number of carbonyl (C=O) groups is 2. The number of hydrogen-bond acceptors (Lipinski definition) is 4. The number of nitrogens with one attached hydrogen (secondary N) is 3. The number of carbonyl (C=O) groups excluding carboxylic acids is 2. The second-order valence-electron chi connectivity index (χ2n) is 5.31. The quantitative estimate of drug-likeness (QED) is 0.698. The molecule has 2 amide bonds. The molecule has 0 saturated heterocycles. The minimum absolute atomic E-state index is 0.109. The van der Waals surface area contributed by atoms with Crippen LogP contribution in [0.15, 0.2) is 53.4 Å². The van der Waals surface area contributed by atoms with Crippen molar-refractivity contribution in [3.8, 4) is 0 Å². The molecule has 2 aromatic rings. The van der Waals surface area contributed by atoms with Crippen LogP contribution in [0.4, 0.5) is 17.1 Å². The fourth-order valence-corrected chi connectivity index (χ4v) is 2.71. The molecule has 0 heterocycles. The van der Waals surface area contributed by atoms with E-state index < -0.39 is 6.04 Å². The van der Waals surface area contributed by atoms with Crippen molar-refractivity contribution in [1.82, 2.24) is 0 Å². The van der Waals surface area contributed by atoms with Crippen LogP contribution in [0.25, 0.3) is 0 Å². The third-order valence-electron chi connectivity index (χ3n) is 3.35. The average Bonchev–Trinajstić information content (AvgIpc) is 2.56. The molecule has 2 rings (SSSR count). The molecule has 1 atom stereocenters. The van der Waals surface area contributed by atoms with Gasteiger partial charge in [-0.15, -0.1) is 11.8 Å². The van der Waals surface area contributed by atoms with E-state index in [2.05, 4.69) is 16.0 Å².